The number of rotatable bonds is 2. The number of nitrogens with zero attached hydrogens (tertiary/aromatic N) is 5. The van der Waals surface area contributed by atoms with E-state index < -0.39 is 18.0 Å². The molecule has 45 heavy (non-hydrogen) atoms. The first-order valence-electron chi connectivity index (χ1n) is 16.4. The van der Waals surface area contributed by atoms with Gasteiger partial charge in [0.05, 0.1) is 0 Å². The predicted octanol–water partition coefficient (Wildman–Crippen LogP) is 2.95. The molecule has 0 aromatic rings. The van der Waals surface area contributed by atoms with Crippen molar-refractivity contribution in [2.24, 2.45) is 17.8 Å². The van der Waals surface area contributed by atoms with Crippen LogP contribution in [-0.4, -0.2) is 143 Å². The summed E-state index contributed by atoms with van der Waals surface area (Å²) in [6.07, 6.45) is 5.81. The Hall–Kier alpha value is -2.73. The number of aliphatic carboxylic acids is 2. The number of carbonyl (C=O) groups excluding carboxylic acids is 3. The van der Waals surface area contributed by atoms with Gasteiger partial charge in [0.25, 0.3) is 0 Å². The second-order valence-corrected chi connectivity index (χ2v) is 14.0. The molecule has 5 aliphatic rings. The smallest absolute Gasteiger partial charge is 0.326 e. The molecule has 5 saturated heterocycles. The Morgan fingerprint density at radius 2 is 1.07 bits per heavy atom. The number of likely N-dealkylation sites (N-methyl/N-ethyl adjacent to an activating group) is 2. The molecule has 0 spiro atoms. The first kappa shape index (κ1) is 40.3. The lowest BCUT2D eigenvalue weighted by molar-refractivity contribution is -0.145. The van der Waals surface area contributed by atoms with E-state index in [1.54, 1.807) is 4.90 Å². The minimum atomic E-state index is -0.909. The molecule has 3 amide bonds. The average Bonchev–Trinajstić information content (AvgIpc) is 3.71. The first-order chi connectivity index (χ1) is 20.8. The Morgan fingerprint density at radius 3 is 1.22 bits per heavy atom. The van der Waals surface area contributed by atoms with Crippen molar-refractivity contribution in [1.29, 1.82) is 0 Å². The third kappa shape index (κ3) is 12.5. The lowest BCUT2D eigenvalue weighted by Gasteiger charge is -2.14. The van der Waals surface area contributed by atoms with Crippen LogP contribution < -0.4 is 0 Å². The van der Waals surface area contributed by atoms with Crippen molar-refractivity contribution in [3.05, 3.63) is 0 Å². The third-order valence-corrected chi connectivity index (χ3v) is 9.87. The Kier molecular flexibility index (Phi) is 16.5. The van der Waals surface area contributed by atoms with Gasteiger partial charge in [-0.2, -0.15) is 0 Å². The van der Waals surface area contributed by atoms with E-state index in [-0.39, 0.29) is 23.8 Å². The molecule has 2 N–H and O–H groups in total. The summed E-state index contributed by atoms with van der Waals surface area (Å²) >= 11 is 0. The summed E-state index contributed by atoms with van der Waals surface area (Å²) < 4.78 is 0. The molecule has 5 aliphatic heterocycles. The van der Waals surface area contributed by atoms with Gasteiger partial charge >= 0.3 is 11.9 Å². The molecular formula is C33H61N5O7. The van der Waals surface area contributed by atoms with Crippen molar-refractivity contribution in [2.75, 3.05) is 48.3 Å². The normalized spacial score (nSPS) is 33.0. The van der Waals surface area contributed by atoms with Gasteiger partial charge in [-0.05, 0) is 78.8 Å². The van der Waals surface area contributed by atoms with E-state index in [2.05, 4.69) is 46.6 Å². The van der Waals surface area contributed by atoms with E-state index in [9.17, 15) is 24.0 Å². The van der Waals surface area contributed by atoms with Gasteiger partial charge in [-0.1, -0.05) is 20.8 Å². The molecular weight excluding hydrogens is 578 g/mol. The summed E-state index contributed by atoms with van der Waals surface area (Å²) in [5.74, 6) is 0.624. The van der Waals surface area contributed by atoms with Crippen LogP contribution in [0.25, 0.3) is 0 Å². The van der Waals surface area contributed by atoms with Crippen molar-refractivity contribution >= 4 is 29.7 Å². The van der Waals surface area contributed by atoms with E-state index in [1.807, 2.05) is 37.9 Å². The molecule has 1 unspecified atom stereocenters. The van der Waals surface area contributed by atoms with Gasteiger partial charge in [0.15, 0.2) is 0 Å². The molecule has 5 rings (SSSR count). The van der Waals surface area contributed by atoms with E-state index >= 15 is 0 Å². The van der Waals surface area contributed by atoms with Crippen LogP contribution in [0.1, 0.15) is 86.5 Å². The zero-order valence-corrected chi connectivity index (χ0v) is 29.7. The number of amides is 3. The van der Waals surface area contributed by atoms with Crippen molar-refractivity contribution in [3.63, 3.8) is 0 Å². The minimum Gasteiger partial charge on any atom is -0.480 e. The van der Waals surface area contributed by atoms with Crippen LogP contribution in [0.15, 0.2) is 0 Å². The quantitative estimate of drug-likeness (QED) is 0.466. The fourth-order valence-corrected chi connectivity index (χ4v) is 6.43. The van der Waals surface area contributed by atoms with Crippen LogP contribution in [0.2, 0.25) is 0 Å². The maximum absolute atomic E-state index is 11.0. The molecule has 5 heterocycles. The van der Waals surface area contributed by atoms with Gasteiger partial charge < -0.3 is 29.8 Å². The molecule has 260 valence electrons. The number of carboxylic acids is 2. The summed E-state index contributed by atoms with van der Waals surface area (Å²) in [5.41, 5.74) is 0. The fourth-order valence-electron chi connectivity index (χ4n) is 6.43. The standard InChI is InChI=1S/C7H13NO2.C7H13NO.C7H15N.C6H9NO3.C6H11NO/c1-5-3-6(7(9)10)8(2)4-5;1-5-4-6(2)8(3)7(5)9;1-6-4-7(2)8(3)5-6;1-7-4(6(9)10)2-3-5(7)8;1-5-3-4-6(8)7(5)2/h5-6H,3-4H2,1-2H3,(H,9,10);5-6H,4H2,1-3H3;6-7H,4-5H2,1-3H3;4H,2-3H2,1H3,(H,9,10);5H,3-4H2,1-2H3/t5?,6-;5-,6-;6-,7-;4-;5-/m01101/s1. The predicted molar refractivity (Wildman–Crippen MR) is 175 cm³/mol. The van der Waals surface area contributed by atoms with E-state index in [0.29, 0.717) is 36.8 Å². The minimum absolute atomic E-state index is 0.0765. The molecule has 0 aromatic carbocycles. The Morgan fingerprint density at radius 1 is 0.578 bits per heavy atom. The Balaban J connectivity index is 0.000000282. The van der Waals surface area contributed by atoms with Crippen LogP contribution in [0.4, 0.5) is 0 Å². The molecule has 0 bridgehead atoms. The molecule has 5 fully saturated rings. The van der Waals surface area contributed by atoms with Gasteiger partial charge in [0.2, 0.25) is 17.7 Å². The lowest BCUT2D eigenvalue weighted by Crippen LogP contribution is -2.34. The zero-order valence-electron chi connectivity index (χ0n) is 29.7. The molecule has 0 saturated carbocycles. The second kappa shape index (κ2) is 18.4. The van der Waals surface area contributed by atoms with Crippen LogP contribution in [-0.2, 0) is 24.0 Å². The van der Waals surface area contributed by atoms with Crippen LogP contribution >= 0.6 is 0 Å². The summed E-state index contributed by atoms with van der Waals surface area (Å²) in [6.45, 7) is 15.1. The molecule has 0 aromatic heterocycles. The topological polar surface area (TPSA) is 142 Å². The number of carbonyl (C=O) groups is 5. The van der Waals surface area contributed by atoms with Gasteiger partial charge in [0.1, 0.15) is 12.1 Å². The highest BCUT2D eigenvalue weighted by Gasteiger charge is 2.33. The second-order valence-electron chi connectivity index (χ2n) is 14.0. The highest BCUT2D eigenvalue weighted by Crippen LogP contribution is 2.22. The van der Waals surface area contributed by atoms with E-state index in [0.717, 1.165) is 44.2 Å². The highest BCUT2D eigenvalue weighted by atomic mass is 16.4. The van der Waals surface area contributed by atoms with Gasteiger partial charge in [0, 0.05) is 71.1 Å². The number of likely N-dealkylation sites (tertiary alicyclic amines) is 5. The molecule has 8 atom stereocenters. The molecule has 0 radical (unpaired) electrons. The SMILES string of the molecule is CC1C[C@@H](C(=O)O)N(C)C1.CN1C(=O)CC[C@H]1C(=O)O.C[C@@H]1CCC(=O)N1C.C[C@@H]1C[C@@H](C)N(C)C1.C[C@@H]1C[C@@H](C)N(C)C1=O. The Bertz CT molecular complexity index is 1000. The summed E-state index contributed by atoms with van der Waals surface area (Å²) in [6, 6.07) is 0.919. The van der Waals surface area contributed by atoms with Gasteiger partial charge in [-0.3, -0.25) is 24.1 Å². The van der Waals surface area contributed by atoms with Crippen molar-refractivity contribution in [1.82, 2.24) is 24.5 Å². The average molecular weight is 640 g/mol. The number of hydrogen-bond donors (Lipinski definition) is 2. The van der Waals surface area contributed by atoms with Crippen LogP contribution in [0.3, 0.4) is 0 Å². The van der Waals surface area contributed by atoms with Crippen molar-refractivity contribution in [3.8, 4) is 0 Å². The van der Waals surface area contributed by atoms with Crippen molar-refractivity contribution < 1.29 is 34.2 Å². The van der Waals surface area contributed by atoms with Crippen LogP contribution in [0, 0.1) is 17.8 Å². The van der Waals surface area contributed by atoms with Gasteiger partial charge in [-0.25, -0.2) is 4.79 Å². The van der Waals surface area contributed by atoms with Gasteiger partial charge in [-0.15, -0.1) is 0 Å². The van der Waals surface area contributed by atoms with E-state index in [1.165, 1.54) is 24.9 Å². The zero-order chi connectivity index (χ0) is 34.8. The summed E-state index contributed by atoms with van der Waals surface area (Å²) in [5, 5.41) is 17.2. The Labute approximate surface area is 271 Å². The first-order valence-corrected chi connectivity index (χ1v) is 16.4. The van der Waals surface area contributed by atoms with Crippen LogP contribution in [0.5, 0.6) is 0 Å². The molecule has 0 aliphatic carbocycles. The number of carboxylic acid groups (broad SMARTS) is 2. The molecule has 12 heteroatoms. The third-order valence-electron chi connectivity index (χ3n) is 9.87. The summed E-state index contributed by atoms with van der Waals surface area (Å²) in [4.78, 5) is 62.6. The van der Waals surface area contributed by atoms with E-state index in [4.69, 9.17) is 10.2 Å². The largest absolute Gasteiger partial charge is 0.480 e. The molecule has 12 nitrogen and oxygen atoms in total. The number of hydrogen-bond acceptors (Lipinski definition) is 7. The summed E-state index contributed by atoms with van der Waals surface area (Å²) in [7, 11) is 9.32. The lowest BCUT2D eigenvalue weighted by atomic mass is 10.1. The highest BCUT2D eigenvalue weighted by molar-refractivity contribution is 5.87. The monoisotopic (exact) mass is 639 g/mol. The van der Waals surface area contributed by atoms with Crippen molar-refractivity contribution in [2.45, 2.75) is 117 Å². The maximum Gasteiger partial charge on any atom is 0.326 e. The maximum atomic E-state index is 11.0. The fraction of sp³-hybridized carbons (Fsp3) is 0.848.